The molecule has 110 valence electrons. The van der Waals surface area contributed by atoms with Crippen molar-refractivity contribution >= 4 is 5.91 Å². The maximum absolute atomic E-state index is 13.2. The second-order valence-electron chi connectivity index (χ2n) is 5.40. The van der Waals surface area contributed by atoms with Crippen molar-refractivity contribution in [3.05, 3.63) is 65.2 Å². The maximum Gasteiger partial charge on any atom is 0.230 e. The number of benzene rings is 1. The van der Waals surface area contributed by atoms with Gasteiger partial charge >= 0.3 is 0 Å². The zero-order valence-corrected chi connectivity index (χ0v) is 12.5. The Morgan fingerprint density at radius 1 is 1.38 bits per heavy atom. The molecule has 1 aromatic heterocycles. The van der Waals surface area contributed by atoms with Crippen molar-refractivity contribution in [1.82, 2.24) is 10.3 Å². The van der Waals surface area contributed by atoms with Gasteiger partial charge in [-0.05, 0) is 55.2 Å². The van der Waals surface area contributed by atoms with Gasteiger partial charge in [0, 0.05) is 19.4 Å². The van der Waals surface area contributed by atoms with E-state index in [1.807, 2.05) is 26.0 Å². The predicted octanol–water partition coefficient (Wildman–Crippen LogP) is 2.78. The van der Waals surface area contributed by atoms with Crippen LogP contribution in [-0.2, 0) is 16.6 Å². The molecule has 1 aromatic carbocycles. The van der Waals surface area contributed by atoms with Crippen LogP contribution in [0.25, 0.3) is 0 Å². The molecule has 1 N–H and O–H groups in total. The van der Waals surface area contributed by atoms with Gasteiger partial charge in [0.2, 0.25) is 5.91 Å². The highest BCUT2D eigenvalue weighted by Gasteiger charge is 2.35. The molecule has 1 heterocycles. The number of aromatic nitrogens is 1. The van der Waals surface area contributed by atoms with Crippen molar-refractivity contribution in [2.45, 2.75) is 25.7 Å². The van der Waals surface area contributed by atoms with Gasteiger partial charge < -0.3 is 5.32 Å². The van der Waals surface area contributed by atoms with E-state index in [1.165, 1.54) is 12.1 Å². The summed E-state index contributed by atoms with van der Waals surface area (Å²) in [6.07, 6.45) is 3.87. The molecule has 2 rings (SSSR count). The third-order valence-electron chi connectivity index (χ3n) is 3.88. The largest absolute Gasteiger partial charge is 0.358 e. The van der Waals surface area contributed by atoms with Gasteiger partial charge in [-0.25, -0.2) is 4.39 Å². The van der Waals surface area contributed by atoms with Crippen molar-refractivity contribution in [1.29, 1.82) is 0 Å². The fourth-order valence-electron chi connectivity index (χ4n) is 2.52. The van der Waals surface area contributed by atoms with Crippen molar-refractivity contribution < 1.29 is 9.18 Å². The van der Waals surface area contributed by atoms with E-state index in [0.29, 0.717) is 6.42 Å². The third kappa shape index (κ3) is 3.10. The minimum atomic E-state index is -0.744. The highest BCUT2D eigenvalue weighted by molar-refractivity contribution is 5.87. The van der Waals surface area contributed by atoms with Crippen LogP contribution >= 0.6 is 0 Å². The summed E-state index contributed by atoms with van der Waals surface area (Å²) in [5.41, 5.74) is 1.89. The molecule has 4 heteroatoms. The molecule has 3 nitrogen and oxygen atoms in total. The molecule has 1 amide bonds. The van der Waals surface area contributed by atoms with E-state index in [2.05, 4.69) is 10.3 Å². The number of hydrogen-bond acceptors (Lipinski definition) is 2. The number of carbonyl (C=O) groups is 1. The quantitative estimate of drug-likeness (QED) is 0.939. The number of nitrogens with one attached hydrogen (secondary N) is 1. The van der Waals surface area contributed by atoms with Gasteiger partial charge in [0.1, 0.15) is 5.82 Å². The van der Waals surface area contributed by atoms with Gasteiger partial charge in [-0.1, -0.05) is 12.1 Å². The molecule has 0 aliphatic heterocycles. The van der Waals surface area contributed by atoms with Crippen LogP contribution in [0.2, 0.25) is 0 Å². The van der Waals surface area contributed by atoms with Crippen molar-refractivity contribution in [2.24, 2.45) is 0 Å². The molecule has 1 unspecified atom stereocenters. The van der Waals surface area contributed by atoms with Gasteiger partial charge in [0.05, 0.1) is 5.41 Å². The lowest BCUT2D eigenvalue weighted by Gasteiger charge is -2.28. The highest BCUT2D eigenvalue weighted by Crippen LogP contribution is 2.29. The van der Waals surface area contributed by atoms with E-state index in [9.17, 15) is 9.18 Å². The second kappa shape index (κ2) is 6.04. The Morgan fingerprint density at radius 3 is 2.71 bits per heavy atom. The van der Waals surface area contributed by atoms with Crippen LogP contribution in [0.5, 0.6) is 0 Å². The average molecular weight is 286 g/mol. The van der Waals surface area contributed by atoms with E-state index in [4.69, 9.17) is 0 Å². The first-order valence-electron chi connectivity index (χ1n) is 6.85. The average Bonchev–Trinajstić information content (AvgIpc) is 2.50. The van der Waals surface area contributed by atoms with Crippen LogP contribution in [0.3, 0.4) is 0 Å². The molecule has 0 radical (unpaired) electrons. The van der Waals surface area contributed by atoms with E-state index >= 15 is 0 Å². The van der Waals surface area contributed by atoms with Crippen LogP contribution < -0.4 is 5.32 Å². The molecule has 0 aliphatic carbocycles. The molecule has 0 fully saturated rings. The lowest BCUT2D eigenvalue weighted by atomic mass is 9.76. The van der Waals surface area contributed by atoms with Crippen LogP contribution in [0.1, 0.15) is 23.6 Å². The first kappa shape index (κ1) is 15.2. The molecule has 0 spiro atoms. The van der Waals surface area contributed by atoms with Crippen LogP contribution in [0.15, 0.2) is 42.7 Å². The number of carbonyl (C=O) groups excluding carboxylic acids is 1. The SMILES string of the molecule is CNC(=O)C(C)(Cc1ccc(F)cc1C)c1cccnc1. The molecule has 0 saturated heterocycles. The summed E-state index contributed by atoms with van der Waals surface area (Å²) < 4.78 is 13.2. The molecule has 0 bridgehead atoms. The second-order valence-corrected chi connectivity index (χ2v) is 5.40. The standard InChI is InChI=1S/C17H19FN2O/c1-12-9-15(18)7-6-13(12)10-17(2,16(21)19-3)14-5-4-8-20-11-14/h4-9,11H,10H2,1-3H3,(H,19,21). The van der Waals surface area contributed by atoms with Crippen LogP contribution in [-0.4, -0.2) is 17.9 Å². The smallest absolute Gasteiger partial charge is 0.230 e. The van der Waals surface area contributed by atoms with Crippen LogP contribution in [0, 0.1) is 12.7 Å². The van der Waals surface area contributed by atoms with Gasteiger partial charge in [-0.2, -0.15) is 0 Å². The number of aryl methyl sites for hydroxylation is 1. The van der Waals surface area contributed by atoms with Gasteiger partial charge in [0.15, 0.2) is 0 Å². The van der Waals surface area contributed by atoms with Crippen molar-refractivity contribution in [3.8, 4) is 0 Å². The zero-order chi connectivity index (χ0) is 15.5. The number of amides is 1. The lowest BCUT2D eigenvalue weighted by molar-refractivity contribution is -0.125. The minimum Gasteiger partial charge on any atom is -0.358 e. The summed E-state index contributed by atoms with van der Waals surface area (Å²) in [4.78, 5) is 16.5. The molecule has 2 aromatic rings. The van der Waals surface area contributed by atoms with Gasteiger partial charge in [-0.3, -0.25) is 9.78 Å². The summed E-state index contributed by atoms with van der Waals surface area (Å²) in [5, 5.41) is 2.71. The third-order valence-corrected chi connectivity index (χ3v) is 3.88. The molecule has 1 atom stereocenters. The number of halogens is 1. The predicted molar refractivity (Wildman–Crippen MR) is 80.5 cm³/mol. The van der Waals surface area contributed by atoms with E-state index in [1.54, 1.807) is 25.5 Å². The summed E-state index contributed by atoms with van der Waals surface area (Å²) in [6, 6.07) is 8.36. The summed E-state index contributed by atoms with van der Waals surface area (Å²) in [7, 11) is 1.62. The minimum absolute atomic E-state index is 0.0841. The van der Waals surface area contributed by atoms with Gasteiger partial charge in [-0.15, -0.1) is 0 Å². The van der Waals surface area contributed by atoms with E-state index < -0.39 is 5.41 Å². The first-order valence-corrected chi connectivity index (χ1v) is 6.85. The number of pyridine rings is 1. The molecular formula is C17H19FN2O. The normalized spacial score (nSPS) is 13.5. The summed E-state index contributed by atoms with van der Waals surface area (Å²) in [6.45, 7) is 3.73. The number of rotatable bonds is 4. The van der Waals surface area contributed by atoms with Crippen molar-refractivity contribution in [2.75, 3.05) is 7.05 Å². The molecule has 21 heavy (non-hydrogen) atoms. The van der Waals surface area contributed by atoms with E-state index in [-0.39, 0.29) is 11.7 Å². The molecular weight excluding hydrogens is 267 g/mol. The summed E-state index contributed by atoms with van der Waals surface area (Å²) >= 11 is 0. The Kier molecular flexibility index (Phi) is 4.36. The Morgan fingerprint density at radius 2 is 2.14 bits per heavy atom. The molecule has 0 aliphatic rings. The first-order chi connectivity index (χ1) is 9.97. The van der Waals surface area contributed by atoms with Crippen molar-refractivity contribution in [3.63, 3.8) is 0 Å². The fraction of sp³-hybridized carbons (Fsp3) is 0.294. The Hall–Kier alpha value is -2.23. The monoisotopic (exact) mass is 286 g/mol. The highest BCUT2D eigenvalue weighted by atomic mass is 19.1. The topological polar surface area (TPSA) is 42.0 Å². The maximum atomic E-state index is 13.2. The molecule has 0 saturated carbocycles. The number of likely N-dealkylation sites (N-methyl/N-ethyl adjacent to an activating group) is 1. The van der Waals surface area contributed by atoms with Crippen LogP contribution in [0.4, 0.5) is 4.39 Å². The number of hydrogen-bond donors (Lipinski definition) is 1. The Labute approximate surface area is 124 Å². The number of nitrogens with zero attached hydrogens (tertiary/aromatic N) is 1. The lowest BCUT2D eigenvalue weighted by Crippen LogP contribution is -2.42. The Balaban J connectivity index is 2.44. The fourth-order valence-corrected chi connectivity index (χ4v) is 2.52. The summed E-state index contributed by atoms with van der Waals surface area (Å²) in [5.74, 6) is -0.349. The Bertz CT molecular complexity index is 642. The van der Waals surface area contributed by atoms with Gasteiger partial charge in [0.25, 0.3) is 0 Å². The zero-order valence-electron chi connectivity index (χ0n) is 12.5. The van der Waals surface area contributed by atoms with E-state index in [0.717, 1.165) is 16.7 Å².